The number of hydrogen-bond acceptors (Lipinski definition) is 10. The van der Waals surface area contributed by atoms with Crippen molar-refractivity contribution in [1.29, 1.82) is 0 Å². The zero-order chi connectivity index (χ0) is 36.4. The summed E-state index contributed by atoms with van der Waals surface area (Å²) in [5.41, 5.74) is 1.31. The van der Waals surface area contributed by atoms with Crippen LogP contribution in [0.5, 0.6) is 5.75 Å². The number of sulfonamides is 1. The van der Waals surface area contributed by atoms with Gasteiger partial charge in [0.25, 0.3) is 10.0 Å². The number of methoxy groups -OCH3 is 1. The molecule has 3 fully saturated rings. The zero-order valence-electron chi connectivity index (χ0n) is 28.3. The van der Waals surface area contributed by atoms with E-state index in [9.17, 15) is 30.8 Å². The Morgan fingerprint density at radius 1 is 1.12 bits per heavy atom. The van der Waals surface area contributed by atoms with Crippen LogP contribution in [0, 0.1) is 23.1 Å². The normalized spacial score (nSPS) is 20.2. The van der Waals surface area contributed by atoms with Gasteiger partial charge in [-0.3, -0.25) is 9.69 Å². The van der Waals surface area contributed by atoms with Gasteiger partial charge in [0.05, 0.1) is 53.7 Å². The second-order valence-electron chi connectivity index (χ2n) is 13.4. The van der Waals surface area contributed by atoms with E-state index in [4.69, 9.17) is 14.2 Å². The highest BCUT2D eigenvalue weighted by molar-refractivity contribution is 7.90. The predicted molar refractivity (Wildman–Crippen MR) is 186 cm³/mol. The van der Waals surface area contributed by atoms with E-state index < -0.39 is 39.2 Å². The summed E-state index contributed by atoms with van der Waals surface area (Å²) in [6.45, 7) is 4.92. The first-order valence-corrected chi connectivity index (χ1v) is 19.0. The monoisotopic (exact) mass is 752 g/mol. The summed E-state index contributed by atoms with van der Waals surface area (Å²) in [5, 5.41) is 6.98. The molecule has 3 heterocycles. The van der Waals surface area contributed by atoms with Crippen LogP contribution < -0.4 is 20.1 Å². The molecule has 1 saturated carbocycles. The van der Waals surface area contributed by atoms with Gasteiger partial charge in [-0.15, -0.1) is 11.3 Å². The molecule has 16 heteroatoms. The number of ether oxygens (including phenoxy) is 3. The number of halogens is 4. The number of benzene rings is 2. The molecule has 1 spiro atoms. The summed E-state index contributed by atoms with van der Waals surface area (Å²) in [5.74, 6) is 3.62. The Morgan fingerprint density at radius 2 is 1.86 bits per heavy atom. The van der Waals surface area contributed by atoms with Gasteiger partial charge in [-0.2, -0.15) is 13.2 Å². The lowest BCUT2D eigenvalue weighted by Crippen LogP contribution is -2.68. The molecule has 2 saturated heterocycles. The third-order valence-electron chi connectivity index (χ3n) is 9.38. The van der Waals surface area contributed by atoms with Crippen molar-refractivity contribution >= 4 is 48.7 Å². The molecule has 0 bridgehead atoms. The lowest BCUT2D eigenvalue weighted by atomic mass is 9.75. The van der Waals surface area contributed by atoms with Crippen molar-refractivity contribution in [3.05, 3.63) is 46.6 Å². The van der Waals surface area contributed by atoms with Gasteiger partial charge < -0.3 is 24.8 Å². The summed E-state index contributed by atoms with van der Waals surface area (Å²) in [4.78, 5) is 13.4. The number of carbonyl (C=O) groups is 1. The Kier molecular flexibility index (Phi) is 11.0. The van der Waals surface area contributed by atoms with Gasteiger partial charge in [-0.25, -0.2) is 17.5 Å². The van der Waals surface area contributed by atoms with E-state index in [2.05, 4.69) is 27.4 Å². The first-order chi connectivity index (χ1) is 24.3. The van der Waals surface area contributed by atoms with Gasteiger partial charge in [-0.05, 0) is 42.7 Å². The van der Waals surface area contributed by atoms with Crippen molar-refractivity contribution in [2.24, 2.45) is 5.41 Å². The molecule has 3 N–H and O–H groups in total. The molecule has 10 nitrogen and oxygen atoms in total. The zero-order valence-corrected chi connectivity index (χ0v) is 29.9. The van der Waals surface area contributed by atoms with Gasteiger partial charge in [-0.1, -0.05) is 24.0 Å². The van der Waals surface area contributed by atoms with E-state index in [0.717, 1.165) is 76.7 Å². The van der Waals surface area contributed by atoms with E-state index in [-0.39, 0.29) is 47.7 Å². The molecular formula is C35H40F4N4O6S2. The first-order valence-electron chi connectivity index (χ1n) is 16.7. The number of nitrogens with zero attached hydrogens (tertiary/aromatic N) is 1. The number of thiophene rings is 1. The van der Waals surface area contributed by atoms with Gasteiger partial charge >= 0.3 is 6.18 Å². The van der Waals surface area contributed by atoms with Crippen molar-refractivity contribution in [2.45, 2.75) is 62.2 Å². The van der Waals surface area contributed by atoms with E-state index in [1.165, 1.54) is 18.4 Å². The van der Waals surface area contributed by atoms with Crippen LogP contribution in [0.25, 0.3) is 10.1 Å². The maximum atomic E-state index is 15.0. The fourth-order valence-electron chi connectivity index (χ4n) is 6.95. The molecular weight excluding hydrogens is 713 g/mol. The summed E-state index contributed by atoms with van der Waals surface area (Å²) in [6, 6.07) is 7.93. The molecule has 0 unspecified atom stereocenters. The molecule has 3 aromatic rings. The van der Waals surface area contributed by atoms with Gasteiger partial charge in [0.2, 0.25) is 5.91 Å². The summed E-state index contributed by atoms with van der Waals surface area (Å²) >= 11 is 1.20. The molecule has 51 heavy (non-hydrogen) atoms. The molecule has 2 aromatic carbocycles. The number of alkyl halides is 3. The third kappa shape index (κ3) is 8.72. The fourth-order valence-corrected chi connectivity index (χ4v) is 9.19. The number of rotatable bonds is 12. The first kappa shape index (κ1) is 37.1. The molecule has 2 aliphatic heterocycles. The highest BCUT2D eigenvalue weighted by Gasteiger charge is 2.50. The van der Waals surface area contributed by atoms with E-state index >= 15 is 0 Å². The molecule has 6 rings (SSSR count). The summed E-state index contributed by atoms with van der Waals surface area (Å²) in [7, 11) is -3.08. The van der Waals surface area contributed by atoms with E-state index in [1.807, 2.05) is 6.07 Å². The molecule has 0 radical (unpaired) electrons. The Hall–Kier alpha value is -3.62. The quantitative estimate of drug-likeness (QED) is 0.125. The standard InChI is InChI=1S/C35H40F4N4O6S2/c1-22(44)42-51(45,46)32-16-30(49-14-13-47-2)29(15-27(32)36)40-12-4-7-31-26(17-35(37,38)39)25-5-3-6-28(33(25)50-31)41-23-8-10-24(11-9-23)43-18-34(19-43)20-48-21-34/h3,5-6,15-16,23-24,40-41H,8-14,17-21H2,1-2H3,(H,42,44). The summed E-state index contributed by atoms with van der Waals surface area (Å²) in [6.07, 6.45) is -1.54. The maximum Gasteiger partial charge on any atom is 0.393 e. The van der Waals surface area contributed by atoms with Crippen molar-refractivity contribution in [1.82, 2.24) is 9.62 Å². The van der Waals surface area contributed by atoms with Crippen LogP contribution in [0.2, 0.25) is 0 Å². The Bertz CT molecular complexity index is 1920. The minimum Gasteiger partial charge on any atom is -0.489 e. The number of nitrogens with one attached hydrogen (secondary N) is 3. The van der Waals surface area contributed by atoms with Crippen LogP contribution in [0.15, 0.2) is 35.2 Å². The third-order valence-corrected chi connectivity index (χ3v) is 12.0. The van der Waals surface area contributed by atoms with Crippen LogP contribution in [-0.4, -0.2) is 90.7 Å². The van der Waals surface area contributed by atoms with Crippen molar-refractivity contribution in [3.8, 4) is 17.6 Å². The maximum absolute atomic E-state index is 15.0. The number of likely N-dealkylation sites (tertiary alicyclic amines) is 1. The summed E-state index contributed by atoms with van der Waals surface area (Å²) < 4.78 is 99.8. The van der Waals surface area contributed by atoms with Gasteiger partial charge in [0.15, 0.2) is 0 Å². The van der Waals surface area contributed by atoms with Gasteiger partial charge in [0.1, 0.15) is 23.1 Å². The largest absolute Gasteiger partial charge is 0.489 e. The molecule has 1 aromatic heterocycles. The lowest BCUT2D eigenvalue weighted by molar-refractivity contribution is -0.200. The average molecular weight is 753 g/mol. The number of fused-ring (bicyclic) bond motifs is 1. The molecule has 1 amide bonds. The molecule has 3 aliphatic rings. The Balaban J connectivity index is 1.18. The molecule has 276 valence electrons. The van der Waals surface area contributed by atoms with Crippen molar-refractivity contribution in [2.75, 3.05) is 63.8 Å². The SMILES string of the molecule is COCCOc1cc(S(=O)(=O)NC(C)=O)c(F)cc1NCC#Cc1sc2c(NC3CCC(N4CC5(COC5)C4)CC3)cccc2c1CC(F)(F)F. The number of anilines is 2. The number of amides is 1. The smallest absolute Gasteiger partial charge is 0.393 e. The highest BCUT2D eigenvalue weighted by atomic mass is 32.2. The van der Waals surface area contributed by atoms with Crippen molar-refractivity contribution < 1.29 is 45.0 Å². The Morgan fingerprint density at radius 3 is 2.51 bits per heavy atom. The minimum atomic E-state index is -4.52. The average Bonchev–Trinajstić information content (AvgIpc) is 3.35. The van der Waals surface area contributed by atoms with Crippen LogP contribution in [-0.2, 0) is 30.7 Å². The van der Waals surface area contributed by atoms with E-state index in [0.29, 0.717) is 21.5 Å². The number of carbonyl (C=O) groups excluding carboxylic acids is 1. The van der Waals surface area contributed by atoms with E-state index in [1.54, 1.807) is 16.9 Å². The predicted octanol–water partition coefficient (Wildman–Crippen LogP) is 5.51. The van der Waals surface area contributed by atoms with Crippen LogP contribution in [0.1, 0.15) is 43.0 Å². The van der Waals surface area contributed by atoms with Gasteiger partial charge in [0, 0.05) is 56.8 Å². The highest BCUT2D eigenvalue weighted by Crippen LogP contribution is 2.43. The fraction of sp³-hybridized carbons (Fsp3) is 0.514. The van der Waals surface area contributed by atoms with Crippen LogP contribution >= 0.6 is 11.3 Å². The molecule has 1 aliphatic carbocycles. The lowest BCUT2D eigenvalue weighted by Gasteiger charge is -2.58. The topological polar surface area (TPSA) is 118 Å². The van der Waals surface area contributed by atoms with Crippen molar-refractivity contribution in [3.63, 3.8) is 0 Å². The van der Waals surface area contributed by atoms with Crippen LogP contribution in [0.3, 0.4) is 0 Å². The second-order valence-corrected chi connectivity index (χ2v) is 16.0. The Labute approximate surface area is 298 Å². The minimum absolute atomic E-state index is 0.00256. The van der Waals surface area contributed by atoms with Crippen LogP contribution in [0.4, 0.5) is 28.9 Å². The second kappa shape index (κ2) is 15.2. The number of hydrogen-bond donors (Lipinski definition) is 3. The molecule has 0 atom stereocenters.